The van der Waals surface area contributed by atoms with Gasteiger partial charge in [0.15, 0.2) is 5.79 Å². The molecular weight excluding hydrogens is 239 g/mol. The Bertz CT molecular complexity index is 472. The number of fused-ring (bicyclic) bond motifs is 2. The van der Waals surface area contributed by atoms with E-state index in [2.05, 4.69) is 0 Å². The van der Waals surface area contributed by atoms with Gasteiger partial charge < -0.3 is 19.7 Å². The molecular formula is C13H15FO4. The van der Waals surface area contributed by atoms with Crippen molar-refractivity contribution in [2.24, 2.45) is 0 Å². The fourth-order valence-corrected chi connectivity index (χ4v) is 2.93. The molecule has 2 N–H and O–H groups in total. The van der Waals surface area contributed by atoms with Crippen LogP contribution in [0.25, 0.3) is 0 Å². The van der Waals surface area contributed by atoms with Gasteiger partial charge in [0.1, 0.15) is 11.6 Å². The Morgan fingerprint density at radius 2 is 2.17 bits per heavy atom. The van der Waals surface area contributed by atoms with E-state index in [1.165, 1.54) is 12.1 Å². The van der Waals surface area contributed by atoms with Gasteiger partial charge in [-0.25, -0.2) is 4.39 Å². The summed E-state index contributed by atoms with van der Waals surface area (Å²) in [7, 11) is 0. The Kier molecular flexibility index (Phi) is 2.42. The summed E-state index contributed by atoms with van der Waals surface area (Å²) < 4.78 is 24.5. The van der Waals surface area contributed by atoms with Crippen LogP contribution in [0.5, 0.6) is 5.75 Å². The Morgan fingerprint density at radius 1 is 1.39 bits per heavy atom. The van der Waals surface area contributed by atoms with Gasteiger partial charge in [0.25, 0.3) is 0 Å². The smallest absolute Gasteiger partial charge is 0.169 e. The summed E-state index contributed by atoms with van der Waals surface area (Å²) >= 11 is 0. The monoisotopic (exact) mass is 254 g/mol. The van der Waals surface area contributed by atoms with Gasteiger partial charge in [-0.05, 0) is 24.6 Å². The molecule has 5 heteroatoms. The van der Waals surface area contributed by atoms with E-state index in [0.717, 1.165) is 6.07 Å². The Balaban J connectivity index is 1.99. The highest BCUT2D eigenvalue weighted by molar-refractivity contribution is 5.33. The first-order valence-electron chi connectivity index (χ1n) is 5.93. The van der Waals surface area contributed by atoms with Crippen molar-refractivity contribution in [3.8, 4) is 5.75 Å². The third-order valence-corrected chi connectivity index (χ3v) is 3.59. The highest BCUT2D eigenvalue weighted by Gasteiger charge is 2.52. The average Bonchev–Trinajstić information content (AvgIpc) is 2.51. The third kappa shape index (κ3) is 1.88. The lowest BCUT2D eigenvalue weighted by Crippen LogP contribution is -2.45. The second-order valence-electron chi connectivity index (χ2n) is 5.30. The number of ether oxygens (including phenoxy) is 2. The van der Waals surface area contributed by atoms with Crippen molar-refractivity contribution in [1.29, 1.82) is 0 Å². The number of benzene rings is 1. The molecule has 98 valence electrons. The van der Waals surface area contributed by atoms with Crippen LogP contribution in [-0.4, -0.2) is 28.7 Å². The molecule has 2 fully saturated rings. The third-order valence-electron chi connectivity index (χ3n) is 3.59. The molecule has 0 aromatic heterocycles. The van der Waals surface area contributed by atoms with Crippen LogP contribution in [0.4, 0.5) is 4.39 Å². The van der Waals surface area contributed by atoms with Crippen LogP contribution in [0.2, 0.25) is 0 Å². The fraction of sp³-hybridized carbons (Fsp3) is 0.538. The molecule has 0 radical (unpaired) electrons. The first-order chi connectivity index (χ1) is 8.39. The highest BCUT2D eigenvalue weighted by Crippen LogP contribution is 2.46. The average molecular weight is 254 g/mol. The largest absolute Gasteiger partial charge is 0.508 e. The van der Waals surface area contributed by atoms with Crippen LogP contribution in [0.3, 0.4) is 0 Å². The zero-order valence-electron chi connectivity index (χ0n) is 10.0. The SMILES string of the molecule is CC12CC(O)(c3cc(O)cc(F)c3)CC(CO1)O2. The quantitative estimate of drug-likeness (QED) is 0.800. The summed E-state index contributed by atoms with van der Waals surface area (Å²) in [4.78, 5) is 0. The molecule has 2 bridgehead atoms. The van der Waals surface area contributed by atoms with Crippen molar-refractivity contribution in [2.45, 2.75) is 37.3 Å². The van der Waals surface area contributed by atoms with Gasteiger partial charge in [-0.15, -0.1) is 0 Å². The van der Waals surface area contributed by atoms with Crippen molar-refractivity contribution in [2.75, 3.05) is 6.61 Å². The van der Waals surface area contributed by atoms with E-state index < -0.39 is 17.2 Å². The fourth-order valence-electron chi connectivity index (χ4n) is 2.93. The number of hydrogen-bond donors (Lipinski definition) is 2. The Labute approximate surface area is 104 Å². The van der Waals surface area contributed by atoms with Crippen LogP contribution in [0.15, 0.2) is 18.2 Å². The summed E-state index contributed by atoms with van der Waals surface area (Å²) in [5, 5.41) is 20.1. The molecule has 0 aliphatic carbocycles. The zero-order valence-corrected chi connectivity index (χ0v) is 10.0. The van der Waals surface area contributed by atoms with E-state index in [4.69, 9.17) is 9.47 Å². The predicted octanol–water partition coefficient (Wildman–Crippen LogP) is 1.64. The van der Waals surface area contributed by atoms with E-state index >= 15 is 0 Å². The molecule has 2 saturated heterocycles. The van der Waals surface area contributed by atoms with Crippen LogP contribution in [-0.2, 0) is 15.1 Å². The van der Waals surface area contributed by atoms with E-state index in [0.29, 0.717) is 18.6 Å². The van der Waals surface area contributed by atoms with Gasteiger partial charge in [-0.3, -0.25) is 0 Å². The first-order valence-corrected chi connectivity index (χ1v) is 5.93. The molecule has 2 aliphatic rings. The summed E-state index contributed by atoms with van der Waals surface area (Å²) in [6.45, 7) is 2.19. The minimum absolute atomic E-state index is 0.191. The number of aliphatic hydroxyl groups is 1. The molecule has 3 atom stereocenters. The maximum atomic E-state index is 13.3. The molecule has 0 saturated carbocycles. The van der Waals surface area contributed by atoms with E-state index in [1.807, 2.05) is 0 Å². The second-order valence-corrected chi connectivity index (χ2v) is 5.30. The topological polar surface area (TPSA) is 58.9 Å². The lowest BCUT2D eigenvalue weighted by molar-refractivity contribution is -0.226. The normalized spacial score (nSPS) is 38.9. The first kappa shape index (κ1) is 11.9. The molecule has 0 amide bonds. The van der Waals surface area contributed by atoms with Crippen LogP contribution in [0, 0.1) is 5.82 Å². The van der Waals surface area contributed by atoms with Crippen LogP contribution in [0.1, 0.15) is 25.3 Å². The molecule has 3 rings (SSSR count). The number of aromatic hydroxyl groups is 1. The lowest BCUT2D eigenvalue weighted by Gasteiger charge is -2.40. The van der Waals surface area contributed by atoms with Gasteiger partial charge >= 0.3 is 0 Å². The molecule has 0 spiro atoms. The number of rotatable bonds is 1. The Morgan fingerprint density at radius 3 is 2.83 bits per heavy atom. The van der Waals surface area contributed by atoms with Gasteiger partial charge in [0.05, 0.1) is 18.3 Å². The van der Waals surface area contributed by atoms with Gasteiger partial charge in [-0.1, -0.05) is 0 Å². The molecule has 18 heavy (non-hydrogen) atoms. The highest BCUT2D eigenvalue weighted by atomic mass is 19.1. The number of hydrogen-bond acceptors (Lipinski definition) is 4. The Hall–Kier alpha value is -1.17. The molecule has 1 aromatic carbocycles. The van der Waals surface area contributed by atoms with Crippen molar-refractivity contribution in [3.05, 3.63) is 29.6 Å². The van der Waals surface area contributed by atoms with Gasteiger partial charge in [-0.2, -0.15) is 0 Å². The van der Waals surface area contributed by atoms with Crippen molar-refractivity contribution in [3.63, 3.8) is 0 Å². The molecule has 3 unspecified atom stereocenters. The van der Waals surface area contributed by atoms with E-state index in [9.17, 15) is 14.6 Å². The molecule has 2 heterocycles. The van der Waals surface area contributed by atoms with Crippen molar-refractivity contribution >= 4 is 0 Å². The van der Waals surface area contributed by atoms with Crippen LogP contribution >= 0.6 is 0 Å². The second kappa shape index (κ2) is 3.66. The standard InChI is InChI=1S/C13H15FO4/c1-12-7-13(16,5-11(18-12)6-17-12)8-2-9(14)4-10(15)3-8/h2-4,11,15-16H,5-7H2,1H3. The number of phenols is 1. The van der Waals surface area contributed by atoms with Crippen molar-refractivity contribution in [1.82, 2.24) is 0 Å². The maximum Gasteiger partial charge on any atom is 0.169 e. The number of halogens is 1. The van der Waals surface area contributed by atoms with E-state index in [1.54, 1.807) is 6.92 Å². The van der Waals surface area contributed by atoms with Gasteiger partial charge in [0, 0.05) is 18.9 Å². The lowest BCUT2D eigenvalue weighted by atomic mass is 9.81. The molecule has 2 aliphatic heterocycles. The molecule has 1 aromatic rings. The summed E-state index contributed by atoms with van der Waals surface area (Å²) in [6, 6.07) is 3.64. The van der Waals surface area contributed by atoms with E-state index in [-0.39, 0.29) is 18.3 Å². The summed E-state index contributed by atoms with van der Waals surface area (Å²) in [5.74, 6) is -1.59. The minimum Gasteiger partial charge on any atom is -0.508 e. The zero-order chi connectivity index (χ0) is 13.0. The van der Waals surface area contributed by atoms with Gasteiger partial charge in [0.2, 0.25) is 0 Å². The summed E-state index contributed by atoms with van der Waals surface area (Å²) in [5.41, 5.74) is -0.863. The predicted molar refractivity (Wildman–Crippen MR) is 60.4 cm³/mol. The number of phenolic OH excluding ortho intramolecular Hbond substituents is 1. The summed E-state index contributed by atoms with van der Waals surface area (Å²) in [6.07, 6.45) is 0.365. The van der Waals surface area contributed by atoms with Crippen molar-refractivity contribution < 1.29 is 24.1 Å². The minimum atomic E-state index is -1.23. The maximum absolute atomic E-state index is 13.3. The molecule has 4 nitrogen and oxygen atoms in total. The van der Waals surface area contributed by atoms with Crippen LogP contribution < -0.4 is 0 Å².